The first-order valence-electron chi connectivity index (χ1n) is 8.08. The number of azide groups is 1. The van der Waals surface area contributed by atoms with E-state index in [9.17, 15) is 13.6 Å². The van der Waals surface area contributed by atoms with Crippen LogP contribution in [0.4, 0.5) is 19.3 Å². The van der Waals surface area contributed by atoms with Gasteiger partial charge in [-0.15, -0.1) is 8.78 Å². The highest BCUT2D eigenvalue weighted by atomic mass is 19.3. The average molecular weight is 368 g/mol. The van der Waals surface area contributed by atoms with Gasteiger partial charge in [0, 0.05) is 17.5 Å². The van der Waals surface area contributed by atoms with Gasteiger partial charge < -0.3 is 14.2 Å². The minimum absolute atomic E-state index is 0.169. The summed E-state index contributed by atoms with van der Waals surface area (Å²) < 4.78 is 41.2. The van der Waals surface area contributed by atoms with Gasteiger partial charge in [0.25, 0.3) is 0 Å². The van der Waals surface area contributed by atoms with Crippen molar-refractivity contribution in [2.45, 2.75) is 51.6 Å². The number of anilines is 1. The molecule has 0 bridgehead atoms. The van der Waals surface area contributed by atoms with Crippen LogP contribution in [0.25, 0.3) is 10.4 Å². The first-order chi connectivity index (χ1) is 12.1. The minimum Gasteiger partial charge on any atom is -0.443 e. The van der Waals surface area contributed by atoms with Crippen molar-refractivity contribution < 1.29 is 27.8 Å². The van der Waals surface area contributed by atoms with E-state index < -0.39 is 24.0 Å². The van der Waals surface area contributed by atoms with Gasteiger partial charge in [0.2, 0.25) is 0 Å². The average Bonchev–Trinajstić information content (AvgIpc) is 2.69. The Morgan fingerprint density at radius 3 is 2.65 bits per heavy atom. The number of carbonyl (C=O) groups excluding carboxylic acids is 1. The number of benzene rings is 1. The number of amides is 1. The topological polar surface area (TPSA) is 96.8 Å². The molecule has 0 N–H and O–H groups in total. The van der Waals surface area contributed by atoms with Gasteiger partial charge in [0.05, 0.1) is 11.7 Å². The molecule has 0 radical (unpaired) electrons. The Kier molecular flexibility index (Phi) is 4.31. The Bertz CT molecular complexity index is 787. The van der Waals surface area contributed by atoms with Crippen LogP contribution >= 0.6 is 0 Å². The van der Waals surface area contributed by atoms with E-state index >= 15 is 0 Å². The molecule has 2 aliphatic rings. The Morgan fingerprint density at radius 2 is 2.04 bits per heavy atom. The predicted molar refractivity (Wildman–Crippen MR) is 87.3 cm³/mol. The monoisotopic (exact) mass is 368 g/mol. The summed E-state index contributed by atoms with van der Waals surface area (Å²) in [4.78, 5) is 16.8. The second kappa shape index (κ2) is 6.21. The number of ether oxygens (including phenoxy) is 3. The lowest BCUT2D eigenvalue weighted by atomic mass is 10.0. The Hall–Kier alpha value is -2.74. The molecule has 0 aliphatic carbocycles. The molecule has 1 aromatic carbocycles. The maximum Gasteiger partial charge on any atom is 0.586 e. The molecule has 26 heavy (non-hydrogen) atoms. The number of hydrogen-bond acceptors (Lipinski definition) is 5. The lowest BCUT2D eigenvalue weighted by Crippen LogP contribution is -2.37. The zero-order valence-corrected chi connectivity index (χ0v) is 14.5. The second-order valence-electron chi connectivity index (χ2n) is 7.02. The van der Waals surface area contributed by atoms with Crippen molar-refractivity contribution in [2.24, 2.45) is 5.11 Å². The summed E-state index contributed by atoms with van der Waals surface area (Å²) in [6, 6.07) is 2.00. The molecule has 140 valence electrons. The number of fused-ring (bicyclic) bond motifs is 2. The van der Waals surface area contributed by atoms with Crippen LogP contribution in [0.3, 0.4) is 0 Å². The molecular formula is C16H18F2N4O4. The minimum atomic E-state index is -3.78. The van der Waals surface area contributed by atoms with Gasteiger partial charge in [-0.1, -0.05) is 5.11 Å². The lowest BCUT2D eigenvalue weighted by molar-refractivity contribution is -0.286. The van der Waals surface area contributed by atoms with E-state index in [4.69, 9.17) is 10.3 Å². The third-order valence-electron chi connectivity index (χ3n) is 3.86. The van der Waals surface area contributed by atoms with E-state index in [0.717, 1.165) is 0 Å². The van der Waals surface area contributed by atoms with Gasteiger partial charge in [-0.05, 0) is 50.8 Å². The fourth-order valence-electron chi connectivity index (χ4n) is 2.91. The van der Waals surface area contributed by atoms with Gasteiger partial charge >= 0.3 is 12.4 Å². The van der Waals surface area contributed by atoms with E-state index in [1.807, 2.05) is 0 Å². The summed E-state index contributed by atoms with van der Waals surface area (Å²) in [7, 11) is 0. The maximum atomic E-state index is 13.4. The number of halogens is 2. The zero-order chi connectivity index (χ0) is 19.1. The van der Waals surface area contributed by atoms with Crippen molar-refractivity contribution in [1.82, 2.24) is 0 Å². The van der Waals surface area contributed by atoms with Crippen LogP contribution in [-0.2, 0) is 4.74 Å². The number of nitrogens with zero attached hydrogens (tertiary/aromatic N) is 4. The van der Waals surface area contributed by atoms with E-state index in [0.29, 0.717) is 24.1 Å². The summed E-state index contributed by atoms with van der Waals surface area (Å²) in [5.41, 5.74) is 8.80. The molecule has 1 atom stereocenters. The van der Waals surface area contributed by atoms with Gasteiger partial charge in [-0.25, -0.2) is 4.79 Å². The van der Waals surface area contributed by atoms with Gasteiger partial charge in [0.1, 0.15) is 5.60 Å². The standard InChI is InChI=1S/C16H18F2N4O4/c1-15(2,3)26-14(23)22-6-4-5-10(20-21-19)9-7-12-13(8-11(9)22)25-16(17,18)24-12/h7-8,10H,4-6H2,1-3H3. The molecule has 8 nitrogen and oxygen atoms in total. The summed E-state index contributed by atoms with van der Waals surface area (Å²) in [6.07, 6.45) is -3.41. The first-order valence-corrected chi connectivity index (χ1v) is 8.08. The second-order valence-corrected chi connectivity index (χ2v) is 7.02. The van der Waals surface area contributed by atoms with Crippen molar-refractivity contribution in [3.05, 3.63) is 28.1 Å². The summed E-state index contributed by atoms with van der Waals surface area (Å²) >= 11 is 0. The molecule has 2 heterocycles. The fraction of sp³-hybridized carbons (Fsp3) is 0.562. The van der Waals surface area contributed by atoms with Crippen molar-refractivity contribution in [3.8, 4) is 11.5 Å². The summed E-state index contributed by atoms with van der Waals surface area (Å²) in [5.74, 6) is -0.359. The Balaban J connectivity index is 2.07. The van der Waals surface area contributed by atoms with Crippen molar-refractivity contribution >= 4 is 11.8 Å². The fourth-order valence-corrected chi connectivity index (χ4v) is 2.91. The predicted octanol–water partition coefficient (Wildman–Crippen LogP) is 4.89. The van der Waals surface area contributed by atoms with Crippen LogP contribution in [0.15, 0.2) is 17.2 Å². The van der Waals surface area contributed by atoms with E-state index in [1.54, 1.807) is 20.8 Å². The van der Waals surface area contributed by atoms with Gasteiger partial charge in [-0.3, -0.25) is 4.90 Å². The van der Waals surface area contributed by atoms with E-state index in [-0.39, 0.29) is 18.0 Å². The molecule has 10 heteroatoms. The molecule has 2 aliphatic heterocycles. The molecule has 0 aromatic heterocycles. The van der Waals surface area contributed by atoms with Gasteiger partial charge in [-0.2, -0.15) is 0 Å². The zero-order valence-electron chi connectivity index (χ0n) is 14.5. The molecule has 0 spiro atoms. The molecule has 0 saturated heterocycles. The number of hydrogen-bond donors (Lipinski definition) is 0. The molecule has 1 unspecified atom stereocenters. The highest BCUT2D eigenvalue weighted by Gasteiger charge is 2.45. The van der Waals surface area contributed by atoms with E-state index in [2.05, 4.69) is 19.5 Å². The summed E-state index contributed by atoms with van der Waals surface area (Å²) in [5, 5.41) is 3.73. The van der Waals surface area contributed by atoms with Gasteiger partial charge in [0.15, 0.2) is 11.5 Å². The van der Waals surface area contributed by atoms with Crippen LogP contribution in [0.2, 0.25) is 0 Å². The van der Waals surface area contributed by atoms with Crippen molar-refractivity contribution in [2.75, 3.05) is 11.4 Å². The number of rotatable bonds is 1. The van der Waals surface area contributed by atoms with Crippen molar-refractivity contribution in [3.63, 3.8) is 0 Å². The normalized spacial score (nSPS) is 20.7. The lowest BCUT2D eigenvalue weighted by Gasteiger charge is -2.27. The highest BCUT2D eigenvalue weighted by molar-refractivity contribution is 5.90. The van der Waals surface area contributed by atoms with Crippen LogP contribution in [0.1, 0.15) is 45.2 Å². The summed E-state index contributed by atoms with van der Waals surface area (Å²) in [6.45, 7) is 5.47. The van der Waals surface area contributed by atoms with Crippen LogP contribution in [-0.4, -0.2) is 24.5 Å². The maximum absolute atomic E-state index is 13.4. The Morgan fingerprint density at radius 1 is 1.38 bits per heavy atom. The number of alkyl halides is 2. The molecule has 0 saturated carbocycles. The number of carbonyl (C=O) groups is 1. The highest BCUT2D eigenvalue weighted by Crippen LogP contribution is 2.48. The SMILES string of the molecule is CC(C)(C)OC(=O)N1CCCC(N=[N+]=[N-])c2cc3c(cc21)OC(F)(F)O3. The molecule has 3 rings (SSSR count). The van der Waals surface area contributed by atoms with Crippen LogP contribution < -0.4 is 14.4 Å². The molecular weight excluding hydrogens is 350 g/mol. The molecule has 1 aromatic rings. The quantitative estimate of drug-likeness (QED) is 0.400. The Labute approximate surface area is 148 Å². The molecule has 0 fully saturated rings. The third kappa shape index (κ3) is 3.60. The molecule has 1 amide bonds. The van der Waals surface area contributed by atoms with Crippen LogP contribution in [0, 0.1) is 0 Å². The largest absolute Gasteiger partial charge is 0.586 e. The van der Waals surface area contributed by atoms with Crippen LogP contribution in [0.5, 0.6) is 11.5 Å². The van der Waals surface area contributed by atoms with E-state index in [1.165, 1.54) is 17.0 Å². The third-order valence-corrected chi connectivity index (χ3v) is 3.86. The smallest absolute Gasteiger partial charge is 0.443 e. The first kappa shape index (κ1) is 18.1. The van der Waals surface area contributed by atoms with Crippen molar-refractivity contribution in [1.29, 1.82) is 0 Å².